The summed E-state index contributed by atoms with van der Waals surface area (Å²) in [5, 5.41) is 4.59. The van der Waals surface area contributed by atoms with Crippen molar-refractivity contribution in [2.24, 2.45) is 0 Å². The summed E-state index contributed by atoms with van der Waals surface area (Å²) in [6, 6.07) is 10.7. The molecule has 1 atom stereocenters. The van der Waals surface area contributed by atoms with Crippen LogP contribution in [0.2, 0.25) is 0 Å². The van der Waals surface area contributed by atoms with Crippen LogP contribution in [0.25, 0.3) is 0 Å². The smallest absolute Gasteiger partial charge is 0.225 e. The number of para-hydroxylation sites is 2. The van der Waals surface area contributed by atoms with Gasteiger partial charge in [-0.3, -0.25) is 9.00 Å². The topological polar surface area (TPSA) is 72.2 Å². The maximum absolute atomic E-state index is 11.8. The molecule has 2 rings (SSSR count). The van der Waals surface area contributed by atoms with Gasteiger partial charge in [0.05, 0.1) is 26.4 Å². The Morgan fingerprint density at radius 3 is 2.74 bits per heavy atom. The first kappa shape index (κ1) is 13.8. The molecule has 1 unspecified atom stereocenters. The van der Waals surface area contributed by atoms with Crippen molar-refractivity contribution in [2.45, 2.75) is 10.6 Å². The molecule has 0 fully saturated rings. The van der Waals surface area contributed by atoms with Gasteiger partial charge < -0.3 is 11.1 Å². The van der Waals surface area contributed by atoms with Crippen LogP contribution >= 0.6 is 11.3 Å². The van der Waals surface area contributed by atoms with Crippen LogP contribution in [0.4, 0.5) is 11.4 Å². The summed E-state index contributed by atoms with van der Waals surface area (Å²) in [5.41, 5.74) is 6.84. The van der Waals surface area contributed by atoms with Crippen LogP contribution in [0.3, 0.4) is 0 Å². The van der Waals surface area contributed by atoms with Gasteiger partial charge in [0.1, 0.15) is 0 Å². The Balaban J connectivity index is 1.86. The van der Waals surface area contributed by atoms with Crippen molar-refractivity contribution in [3.8, 4) is 0 Å². The van der Waals surface area contributed by atoms with E-state index in [0.717, 1.165) is 4.21 Å². The SMILES string of the molecule is Nc1ccccc1NC(=O)CCS(=O)c1cccs1. The molecule has 0 aliphatic heterocycles. The molecule has 3 N–H and O–H groups in total. The summed E-state index contributed by atoms with van der Waals surface area (Å²) < 4.78 is 12.6. The molecule has 0 spiro atoms. The lowest BCUT2D eigenvalue weighted by molar-refractivity contribution is -0.115. The maximum atomic E-state index is 11.8. The molecule has 0 aliphatic rings. The van der Waals surface area contributed by atoms with Crippen LogP contribution in [0, 0.1) is 0 Å². The summed E-state index contributed by atoms with van der Waals surface area (Å²) in [4.78, 5) is 11.7. The number of nitrogen functional groups attached to an aromatic ring is 1. The average Bonchev–Trinajstić information content (AvgIpc) is 2.93. The van der Waals surface area contributed by atoms with E-state index < -0.39 is 10.8 Å². The van der Waals surface area contributed by atoms with Crippen LogP contribution in [0.15, 0.2) is 46.0 Å². The van der Waals surface area contributed by atoms with Gasteiger partial charge >= 0.3 is 0 Å². The predicted octanol–water partition coefficient (Wildman–Crippen LogP) is 2.47. The average molecular weight is 294 g/mol. The molecule has 1 amide bonds. The number of carbonyl (C=O) groups excluding carboxylic acids is 1. The molecule has 19 heavy (non-hydrogen) atoms. The standard InChI is InChI=1S/C13H14N2O2S2/c14-10-4-1-2-5-11(10)15-12(16)7-9-19(17)13-6-3-8-18-13/h1-6,8H,7,9,14H2,(H,15,16). The molecule has 6 heteroatoms. The fourth-order valence-electron chi connectivity index (χ4n) is 1.50. The summed E-state index contributed by atoms with van der Waals surface area (Å²) in [5.74, 6) is 0.141. The maximum Gasteiger partial charge on any atom is 0.225 e. The summed E-state index contributed by atoms with van der Waals surface area (Å²) >= 11 is 1.44. The van der Waals surface area contributed by atoms with Crippen LogP contribution in [0.5, 0.6) is 0 Å². The predicted molar refractivity (Wildman–Crippen MR) is 79.7 cm³/mol. The number of rotatable bonds is 5. The van der Waals surface area contributed by atoms with Gasteiger partial charge in [-0.25, -0.2) is 0 Å². The minimum Gasteiger partial charge on any atom is -0.397 e. The molecule has 0 radical (unpaired) electrons. The molecule has 1 heterocycles. The fraction of sp³-hybridized carbons (Fsp3) is 0.154. The number of anilines is 2. The number of nitrogens with two attached hydrogens (primary N) is 1. The lowest BCUT2D eigenvalue weighted by Crippen LogP contribution is -2.15. The van der Waals surface area contributed by atoms with E-state index in [4.69, 9.17) is 5.73 Å². The van der Waals surface area contributed by atoms with Crippen molar-refractivity contribution >= 4 is 39.4 Å². The summed E-state index contributed by atoms with van der Waals surface area (Å²) in [6.45, 7) is 0. The van der Waals surface area contributed by atoms with E-state index in [2.05, 4.69) is 5.32 Å². The van der Waals surface area contributed by atoms with E-state index in [0.29, 0.717) is 17.1 Å². The van der Waals surface area contributed by atoms with Crippen LogP contribution in [-0.4, -0.2) is 15.9 Å². The van der Waals surface area contributed by atoms with Crippen LogP contribution in [0.1, 0.15) is 6.42 Å². The van der Waals surface area contributed by atoms with E-state index in [1.54, 1.807) is 24.3 Å². The van der Waals surface area contributed by atoms with Gasteiger partial charge in [-0.2, -0.15) is 0 Å². The Bertz CT molecular complexity index is 582. The number of hydrogen-bond donors (Lipinski definition) is 2. The quantitative estimate of drug-likeness (QED) is 0.832. The molecule has 0 bridgehead atoms. The van der Waals surface area contributed by atoms with Crippen molar-refractivity contribution in [1.29, 1.82) is 0 Å². The largest absolute Gasteiger partial charge is 0.397 e. The van der Waals surface area contributed by atoms with Crippen molar-refractivity contribution < 1.29 is 9.00 Å². The molecule has 1 aromatic heterocycles. The van der Waals surface area contributed by atoms with E-state index in [1.807, 2.05) is 17.5 Å². The zero-order valence-corrected chi connectivity index (χ0v) is 11.8. The molecule has 2 aromatic rings. The van der Waals surface area contributed by atoms with E-state index in [-0.39, 0.29) is 12.3 Å². The third kappa shape index (κ3) is 3.90. The Kier molecular flexibility index (Phi) is 4.70. The minimum absolute atomic E-state index is 0.178. The summed E-state index contributed by atoms with van der Waals surface area (Å²) in [7, 11) is -1.11. The highest BCUT2D eigenvalue weighted by atomic mass is 32.2. The molecule has 0 aliphatic carbocycles. The van der Waals surface area contributed by atoms with Crippen molar-refractivity contribution in [2.75, 3.05) is 16.8 Å². The van der Waals surface area contributed by atoms with E-state index >= 15 is 0 Å². The lowest BCUT2D eigenvalue weighted by atomic mass is 10.2. The number of carbonyl (C=O) groups is 1. The number of benzene rings is 1. The second kappa shape index (κ2) is 6.49. The molecular weight excluding hydrogens is 280 g/mol. The highest BCUT2D eigenvalue weighted by Crippen LogP contribution is 2.18. The second-order valence-electron chi connectivity index (χ2n) is 3.87. The Labute approximate surface area is 118 Å². The number of nitrogens with one attached hydrogen (secondary N) is 1. The van der Waals surface area contributed by atoms with Gasteiger partial charge in [0.2, 0.25) is 5.91 Å². The van der Waals surface area contributed by atoms with Gasteiger partial charge in [0.15, 0.2) is 0 Å². The van der Waals surface area contributed by atoms with Gasteiger partial charge in [-0.15, -0.1) is 11.3 Å². The first-order valence-corrected chi connectivity index (χ1v) is 7.93. The first-order valence-electron chi connectivity index (χ1n) is 5.73. The summed E-state index contributed by atoms with van der Waals surface area (Å²) in [6.07, 6.45) is 0.207. The third-order valence-corrected chi connectivity index (χ3v) is 5.14. The van der Waals surface area contributed by atoms with Crippen molar-refractivity contribution in [3.05, 3.63) is 41.8 Å². The Morgan fingerprint density at radius 2 is 2.05 bits per heavy atom. The van der Waals surface area contributed by atoms with Gasteiger partial charge in [0, 0.05) is 12.2 Å². The van der Waals surface area contributed by atoms with E-state index in [1.165, 1.54) is 11.3 Å². The number of hydrogen-bond acceptors (Lipinski definition) is 4. The second-order valence-corrected chi connectivity index (χ2v) is 6.61. The van der Waals surface area contributed by atoms with Crippen LogP contribution < -0.4 is 11.1 Å². The number of amides is 1. The normalized spacial score (nSPS) is 12.0. The molecule has 0 saturated heterocycles. The van der Waals surface area contributed by atoms with Gasteiger partial charge in [-0.1, -0.05) is 18.2 Å². The number of thiophene rings is 1. The highest BCUT2D eigenvalue weighted by molar-refractivity contribution is 7.87. The minimum atomic E-state index is -1.11. The third-order valence-electron chi connectivity index (χ3n) is 2.47. The molecule has 100 valence electrons. The first-order chi connectivity index (χ1) is 9.16. The Morgan fingerprint density at radius 1 is 1.26 bits per heavy atom. The zero-order chi connectivity index (χ0) is 13.7. The van der Waals surface area contributed by atoms with Crippen molar-refractivity contribution in [1.82, 2.24) is 0 Å². The van der Waals surface area contributed by atoms with Crippen LogP contribution in [-0.2, 0) is 15.6 Å². The monoisotopic (exact) mass is 294 g/mol. The molecule has 4 nitrogen and oxygen atoms in total. The van der Waals surface area contributed by atoms with Gasteiger partial charge in [0.25, 0.3) is 0 Å². The zero-order valence-electron chi connectivity index (χ0n) is 10.2. The van der Waals surface area contributed by atoms with Gasteiger partial charge in [-0.05, 0) is 23.6 Å². The molecular formula is C13H14N2O2S2. The Hall–Kier alpha value is -1.66. The molecule has 1 aromatic carbocycles. The van der Waals surface area contributed by atoms with Crippen molar-refractivity contribution in [3.63, 3.8) is 0 Å². The highest BCUT2D eigenvalue weighted by Gasteiger charge is 2.09. The van der Waals surface area contributed by atoms with E-state index in [9.17, 15) is 9.00 Å². The fourth-order valence-corrected chi connectivity index (χ4v) is 3.60. The lowest BCUT2D eigenvalue weighted by Gasteiger charge is -2.07. The molecule has 0 saturated carbocycles.